The summed E-state index contributed by atoms with van der Waals surface area (Å²) >= 11 is 7.95. The molecule has 0 amide bonds. The van der Waals surface area contributed by atoms with Crippen LogP contribution in [0.2, 0.25) is 5.15 Å². The zero-order chi connectivity index (χ0) is 27.9. The summed E-state index contributed by atoms with van der Waals surface area (Å²) in [4.78, 5) is 16.8. The Kier molecular flexibility index (Phi) is 7.11. The lowest BCUT2D eigenvalue weighted by Gasteiger charge is -2.13. The molecule has 0 spiro atoms. The number of H-pyrrole nitrogens is 1. The number of fused-ring (bicyclic) bond motifs is 1. The van der Waals surface area contributed by atoms with Crippen LogP contribution < -0.4 is 4.74 Å². The molecule has 0 saturated carbocycles. The van der Waals surface area contributed by atoms with Crippen LogP contribution in [0, 0.1) is 0 Å². The Morgan fingerprint density at radius 1 is 0.846 bits per heavy atom. The molecule has 0 aliphatic carbocycles. The van der Waals surface area contributed by atoms with Gasteiger partial charge in [0, 0.05) is 29.5 Å². The van der Waals surface area contributed by atoms with Crippen LogP contribution in [0.3, 0.4) is 0 Å². The lowest BCUT2D eigenvalue weighted by Crippen LogP contribution is -2.11. The van der Waals surface area contributed by atoms with Crippen LogP contribution in [0.5, 0.6) is 5.75 Å². The van der Waals surface area contributed by atoms with Crippen molar-refractivity contribution in [2.45, 2.75) is 32.9 Å². The highest BCUT2D eigenvalue weighted by Crippen LogP contribution is 2.39. The van der Waals surface area contributed by atoms with Crippen LogP contribution in [0.1, 0.15) is 11.1 Å². The van der Waals surface area contributed by atoms with E-state index in [1.165, 1.54) is 13.2 Å². The molecule has 0 unspecified atom stereocenters. The Balaban J connectivity index is 1.39. The molecule has 202 valence electrons. The van der Waals surface area contributed by atoms with E-state index in [1.54, 1.807) is 18.2 Å². The molecule has 3 aromatic heterocycles. The zero-order valence-corrected chi connectivity index (χ0v) is 21.4. The van der Waals surface area contributed by atoms with E-state index in [1.807, 2.05) is 0 Å². The van der Waals surface area contributed by atoms with E-state index in [0.717, 1.165) is 23.5 Å². The number of aromatic amines is 1. The van der Waals surface area contributed by atoms with Gasteiger partial charge in [0.1, 0.15) is 21.4 Å². The van der Waals surface area contributed by atoms with Crippen molar-refractivity contribution in [3.05, 3.63) is 58.7 Å². The Hall–Kier alpha value is -3.50. The summed E-state index contributed by atoms with van der Waals surface area (Å²) in [6, 6.07) is 7.61. The van der Waals surface area contributed by atoms with Gasteiger partial charge >= 0.3 is 12.4 Å². The summed E-state index contributed by atoms with van der Waals surface area (Å²) < 4.78 is 90.1. The second-order valence-electron chi connectivity index (χ2n) is 7.59. The maximum absolute atomic E-state index is 13.2. The molecule has 5 rings (SSSR count). The number of oxazole rings is 1. The molecule has 0 aliphatic heterocycles. The fourth-order valence-electron chi connectivity index (χ4n) is 3.22. The van der Waals surface area contributed by atoms with Crippen molar-refractivity contribution in [2.24, 2.45) is 0 Å². The first-order valence-corrected chi connectivity index (χ1v) is 12.5. The monoisotopic (exact) mass is 604 g/mol. The summed E-state index contributed by atoms with van der Waals surface area (Å²) in [5.41, 5.74) is -2.34. The quantitative estimate of drug-likeness (QED) is 0.121. The van der Waals surface area contributed by atoms with Crippen molar-refractivity contribution in [3.63, 3.8) is 0 Å². The summed E-state index contributed by atoms with van der Waals surface area (Å²) in [6.07, 6.45) is -10.00. The van der Waals surface area contributed by atoms with Crippen molar-refractivity contribution in [2.75, 3.05) is 7.11 Å². The summed E-state index contributed by atoms with van der Waals surface area (Å²) in [6.45, 7) is 0. The van der Waals surface area contributed by atoms with E-state index in [-0.39, 0.29) is 37.6 Å². The second kappa shape index (κ2) is 10.2. The average Bonchev–Trinajstić information content (AvgIpc) is 3.48. The van der Waals surface area contributed by atoms with Crippen LogP contribution >= 0.6 is 35.1 Å². The number of alkyl halides is 6. The molecule has 2 aromatic carbocycles. The number of ether oxygens (including phenoxy) is 1. The smallest absolute Gasteiger partial charge is 0.416 e. The van der Waals surface area contributed by atoms with Crippen molar-refractivity contribution >= 4 is 46.2 Å². The van der Waals surface area contributed by atoms with Crippen LogP contribution in [0.4, 0.5) is 26.3 Å². The van der Waals surface area contributed by atoms with Crippen molar-refractivity contribution in [3.8, 4) is 17.1 Å². The molecule has 0 fully saturated rings. The standard InChI is InChI=1S/C22H11ClF6N6O2S2/c1-36-12-2-3-14-13(7-12)30-20(37-14)39-18-31-15(23)8-16(32-18)38-19-33-17(34-35-19)9-4-10(21(24,25)26)6-11(5-9)22(27,28)29/h2-8H,1H3,(H,33,34,35). The number of methoxy groups -OCH3 is 1. The first-order chi connectivity index (χ1) is 18.4. The van der Waals surface area contributed by atoms with Crippen LogP contribution in [-0.2, 0) is 12.4 Å². The largest absolute Gasteiger partial charge is 0.497 e. The van der Waals surface area contributed by atoms with Gasteiger partial charge in [0.05, 0.1) is 18.2 Å². The lowest BCUT2D eigenvalue weighted by molar-refractivity contribution is -0.143. The SMILES string of the molecule is COc1ccc2oc(Sc3nc(Cl)cc(Sc4n[nH]c(-c5cc(C(F)(F)F)cc(C(F)(F)F)c5)n4)n3)nc2c1. The molecule has 0 saturated heterocycles. The van der Waals surface area contributed by atoms with Gasteiger partial charge in [-0.25, -0.2) is 19.9 Å². The Morgan fingerprint density at radius 2 is 1.56 bits per heavy atom. The van der Waals surface area contributed by atoms with Gasteiger partial charge in [-0.05, 0) is 42.1 Å². The summed E-state index contributed by atoms with van der Waals surface area (Å²) in [7, 11) is 1.52. The number of aromatic nitrogens is 6. The highest BCUT2D eigenvalue weighted by atomic mass is 35.5. The fourth-order valence-corrected chi connectivity index (χ4v) is 5.01. The van der Waals surface area contributed by atoms with Gasteiger partial charge in [-0.2, -0.15) is 26.3 Å². The van der Waals surface area contributed by atoms with Gasteiger partial charge in [0.25, 0.3) is 5.22 Å². The maximum Gasteiger partial charge on any atom is 0.416 e. The van der Waals surface area contributed by atoms with Gasteiger partial charge in [-0.3, -0.25) is 5.10 Å². The molecular formula is C22H11ClF6N6O2S2. The number of nitrogens with one attached hydrogen (secondary N) is 1. The fraction of sp³-hybridized carbons (Fsp3) is 0.136. The van der Waals surface area contributed by atoms with Gasteiger partial charge in [-0.1, -0.05) is 11.6 Å². The number of halogens is 7. The third kappa shape index (κ3) is 6.23. The van der Waals surface area contributed by atoms with E-state index in [9.17, 15) is 26.3 Å². The van der Waals surface area contributed by atoms with Gasteiger partial charge in [0.2, 0.25) is 5.16 Å². The Bertz CT molecular complexity index is 1640. The van der Waals surface area contributed by atoms with Crippen LogP contribution in [-0.4, -0.2) is 37.2 Å². The average molecular weight is 605 g/mol. The number of benzene rings is 2. The lowest BCUT2D eigenvalue weighted by atomic mass is 10.0. The normalized spacial score (nSPS) is 12.3. The second-order valence-corrected chi connectivity index (χ2v) is 9.88. The first kappa shape index (κ1) is 27.1. The summed E-state index contributed by atoms with van der Waals surface area (Å²) in [5.74, 6) is 0.293. The molecule has 0 radical (unpaired) electrons. The van der Waals surface area contributed by atoms with Crippen molar-refractivity contribution < 1.29 is 35.5 Å². The van der Waals surface area contributed by atoms with E-state index < -0.39 is 29.0 Å². The summed E-state index contributed by atoms with van der Waals surface area (Å²) in [5, 5.41) is 6.88. The number of nitrogens with zero attached hydrogens (tertiary/aromatic N) is 5. The Labute approximate surface area is 227 Å². The molecule has 17 heteroatoms. The third-order valence-corrected chi connectivity index (χ3v) is 6.62. The topological polar surface area (TPSA) is 103 Å². The van der Waals surface area contributed by atoms with E-state index >= 15 is 0 Å². The van der Waals surface area contributed by atoms with Gasteiger partial charge in [-0.15, -0.1) is 5.10 Å². The first-order valence-electron chi connectivity index (χ1n) is 10.4. The Morgan fingerprint density at radius 3 is 2.23 bits per heavy atom. The number of hydrogen-bond acceptors (Lipinski definition) is 9. The molecule has 39 heavy (non-hydrogen) atoms. The minimum absolute atomic E-state index is 0.0318. The number of rotatable bonds is 6. The van der Waals surface area contributed by atoms with E-state index in [2.05, 4.69) is 30.1 Å². The molecular weight excluding hydrogens is 594 g/mol. The predicted octanol–water partition coefficient (Wildman–Crippen LogP) is 7.40. The predicted molar refractivity (Wildman–Crippen MR) is 128 cm³/mol. The van der Waals surface area contributed by atoms with Crippen molar-refractivity contribution in [1.29, 1.82) is 0 Å². The zero-order valence-electron chi connectivity index (χ0n) is 19.1. The van der Waals surface area contributed by atoms with Crippen LogP contribution in [0.15, 0.2) is 67.4 Å². The molecule has 8 nitrogen and oxygen atoms in total. The minimum atomic E-state index is -5.00. The molecule has 0 aliphatic rings. The highest BCUT2D eigenvalue weighted by molar-refractivity contribution is 7.99. The molecule has 0 atom stereocenters. The highest BCUT2D eigenvalue weighted by Gasteiger charge is 2.37. The van der Waals surface area contributed by atoms with Gasteiger partial charge < -0.3 is 9.15 Å². The van der Waals surface area contributed by atoms with E-state index in [4.69, 9.17) is 20.8 Å². The third-order valence-electron chi connectivity index (χ3n) is 4.93. The van der Waals surface area contributed by atoms with E-state index in [0.29, 0.717) is 29.0 Å². The number of hydrogen-bond donors (Lipinski definition) is 1. The van der Waals surface area contributed by atoms with Crippen molar-refractivity contribution in [1.82, 2.24) is 30.1 Å². The van der Waals surface area contributed by atoms with Gasteiger partial charge in [0.15, 0.2) is 16.6 Å². The maximum atomic E-state index is 13.2. The molecule has 5 aromatic rings. The molecule has 3 heterocycles. The minimum Gasteiger partial charge on any atom is -0.497 e. The molecule has 1 N–H and O–H groups in total. The molecule has 0 bridgehead atoms. The van der Waals surface area contributed by atoms with Crippen LogP contribution in [0.25, 0.3) is 22.5 Å².